The quantitative estimate of drug-likeness (QED) is 0.669. The molecule has 0 fully saturated rings. The number of aliphatic hydroxyl groups is 1. The van der Waals surface area contributed by atoms with Crippen LogP contribution in [-0.4, -0.2) is 28.6 Å². The monoisotopic (exact) mass is 237 g/mol. The molecule has 4 N–H and O–H groups in total. The molecule has 5 heteroatoms. The molecule has 0 bridgehead atoms. The molecule has 1 aromatic heterocycles. The first-order chi connectivity index (χ1) is 8.21. The van der Waals surface area contributed by atoms with E-state index in [0.717, 1.165) is 6.42 Å². The molecule has 1 atom stereocenters. The second-order valence-electron chi connectivity index (χ2n) is 3.81. The third kappa shape index (κ3) is 4.13. The Morgan fingerprint density at radius 3 is 2.94 bits per heavy atom. The fourth-order valence-corrected chi connectivity index (χ4v) is 1.51. The molecule has 0 spiro atoms. The Hall–Kier alpha value is -1.46. The molecular formula is C12H19N3O2. The van der Waals surface area contributed by atoms with Crippen molar-refractivity contribution in [2.75, 3.05) is 6.61 Å². The number of amides is 1. The molecular weight excluding hydrogens is 218 g/mol. The zero-order valence-corrected chi connectivity index (χ0v) is 10.0. The first kappa shape index (κ1) is 13.6. The smallest absolute Gasteiger partial charge is 0.270 e. The van der Waals surface area contributed by atoms with Gasteiger partial charge in [-0.15, -0.1) is 0 Å². The van der Waals surface area contributed by atoms with Gasteiger partial charge in [-0.05, 0) is 25.0 Å². The summed E-state index contributed by atoms with van der Waals surface area (Å²) in [5.74, 6) is -0.222. The minimum absolute atomic E-state index is 0.0177. The lowest BCUT2D eigenvalue weighted by Gasteiger charge is -2.15. The third-order valence-corrected chi connectivity index (χ3v) is 2.55. The molecule has 1 aromatic rings. The van der Waals surface area contributed by atoms with Crippen LogP contribution in [0.5, 0.6) is 0 Å². The highest BCUT2D eigenvalue weighted by Gasteiger charge is 2.12. The van der Waals surface area contributed by atoms with Crippen LogP contribution in [0.2, 0.25) is 0 Å². The van der Waals surface area contributed by atoms with E-state index in [1.807, 2.05) is 6.92 Å². The second kappa shape index (κ2) is 6.98. The van der Waals surface area contributed by atoms with E-state index in [1.165, 1.54) is 0 Å². The Morgan fingerprint density at radius 2 is 2.35 bits per heavy atom. The number of nitrogens with one attached hydrogen (secondary N) is 1. The summed E-state index contributed by atoms with van der Waals surface area (Å²) >= 11 is 0. The SMILES string of the molecule is CC[C@H](CCO)NC(=O)c1cccc(CN)n1. The lowest BCUT2D eigenvalue weighted by molar-refractivity contribution is 0.0924. The van der Waals surface area contributed by atoms with Crippen LogP contribution in [0, 0.1) is 0 Å². The maximum absolute atomic E-state index is 11.9. The molecule has 94 valence electrons. The molecule has 0 radical (unpaired) electrons. The highest BCUT2D eigenvalue weighted by Crippen LogP contribution is 2.02. The van der Waals surface area contributed by atoms with Gasteiger partial charge in [-0.3, -0.25) is 4.79 Å². The standard InChI is InChI=1S/C12H19N3O2/c1-2-9(6-7-16)15-12(17)11-5-3-4-10(8-13)14-11/h3-5,9,16H,2,6-8,13H2,1H3,(H,15,17)/t9-/m1/s1. The highest BCUT2D eigenvalue weighted by atomic mass is 16.3. The van der Waals surface area contributed by atoms with Crippen LogP contribution in [0.15, 0.2) is 18.2 Å². The summed E-state index contributed by atoms with van der Waals surface area (Å²) in [5.41, 5.74) is 6.52. The van der Waals surface area contributed by atoms with Crippen LogP contribution in [0.4, 0.5) is 0 Å². The van der Waals surface area contributed by atoms with E-state index >= 15 is 0 Å². The molecule has 1 amide bonds. The van der Waals surface area contributed by atoms with Crippen molar-refractivity contribution >= 4 is 5.91 Å². The van der Waals surface area contributed by atoms with Gasteiger partial charge in [-0.25, -0.2) is 4.98 Å². The predicted octanol–water partition coefficient (Wildman–Crippen LogP) is 0.431. The van der Waals surface area contributed by atoms with E-state index in [-0.39, 0.29) is 18.6 Å². The Labute approximate surface area is 101 Å². The minimum atomic E-state index is -0.222. The van der Waals surface area contributed by atoms with Crippen LogP contribution in [0.3, 0.4) is 0 Å². The summed E-state index contributed by atoms with van der Waals surface area (Å²) in [4.78, 5) is 16.0. The van der Waals surface area contributed by atoms with Gasteiger partial charge in [0.15, 0.2) is 0 Å². The van der Waals surface area contributed by atoms with Crippen molar-refractivity contribution < 1.29 is 9.90 Å². The largest absolute Gasteiger partial charge is 0.396 e. The van der Waals surface area contributed by atoms with Crippen molar-refractivity contribution in [3.63, 3.8) is 0 Å². The Morgan fingerprint density at radius 1 is 1.59 bits per heavy atom. The van der Waals surface area contributed by atoms with Crippen molar-refractivity contribution in [1.82, 2.24) is 10.3 Å². The Bertz CT molecular complexity index is 369. The van der Waals surface area contributed by atoms with Gasteiger partial charge in [0, 0.05) is 19.2 Å². The van der Waals surface area contributed by atoms with Crippen LogP contribution in [0.25, 0.3) is 0 Å². The molecule has 0 aromatic carbocycles. The molecule has 1 heterocycles. The van der Waals surface area contributed by atoms with E-state index in [2.05, 4.69) is 10.3 Å². The molecule has 0 aliphatic carbocycles. The van der Waals surface area contributed by atoms with Crippen LogP contribution < -0.4 is 11.1 Å². The van der Waals surface area contributed by atoms with Crippen molar-refractivity contribution in [2.24, 2.45) is 5.73 Å². The van der Waals surface area contributed by atoms with Crippen molar-refractivity contribution in [2.45, 2.75) is 32.4 Å². The number of nitrogens with two attached hydrogens (primary N) is 1. The first-order valence-corrected chi connectivity index (χ1v) is 5.79. The molecule has 0 saturated heterocycles. The van der Waals surface area contributed by atoms with Gasteiger partial charge in [-0.1, -0.05) is 13.0 Å². The van der Waals surface area contributed by atoms with E-state index in [4.69, 9.17) is 10.8 Å². The fraction of sp³-hybridized carbons (Fsp3) is 0.500. The summed E-state index contributed by atoms with van der Waals surface area (Å²) in [7, 11) is 0. The van der Waals surface area contributed by atoms with E-state index < -0.39 is 0 Å². The van der Waals surface area contributed by atoms with Gasteiger partial charge < -0.3 is 16.2 Å². The van der Waals surface area contributed by atoms with Gasteiger partial charge in [0.2, 0.25) is 0 Å². The molecule has 5 nitrogen and oxygen atoms in total. The van der Waals surface area contributed by atoms with E-state index in [0.29, 0.717) is 24.4 Å². The van der Waals surface area contributed by atoms with Gasteiger partial charge in [0.05, 0.1) is 5.69 Å². The summed E-state index contributed by atoms with van der Waals surface area (Å²) in [6.45, 7) is 2.34. The molecule has 1 rings (SSSR count). The van der Waals surface area contributed by atoms with E-state index in [9.17, 15) is 4.79 Å². The fourth-order valence-electron chi connectivity index (χ4n) is 1.51. The summed E-state index contributed by atoms with van der Waals surface area (Å²) in [6.07, 6.45) is 1.34. The average Bonchev–Trinajstić information content (AvgIpc) is 2.38. The molecule has 17 heavy (non-hydrogen) atoms. The molecule has 0 aliphatic heterocycles. The lowest BCUT2D eigenvalue weighted by Crippen LogP contribution is -2.35. The minimum Gasteiger partial charge on any atom is -0.396 e. The highest BCUT2D eigenvalue weighted by molar-refractivity contribution is 5.92. The van der Waals surface area contributed by atoms with Crippen LogP contribution in [0.1, 0.15) is 35.9 Å². The number of carbonyl (C=O) groups is 1. The molecule has 0 saturated carbocycles. The number of rotatable bonds is 6. The summed E-state index contributed by atoms with van der Waals surface area (Å²) in [6, 6.07) is 5.18. The number of hydrogen-bond acceptors (Lipinski definition) is 4. The Balaban J connectivity index is 2.68. The predicted molar refractivity (Wildman–Crippen MR) is 65.4 cm³/mol. The van der Waals surface area contributed by atoms with Gasteiger partial charge in [0.25, 0.3) is 5.91 Å². The number of carbonyl (C=O) groups excluding carboxylic acids is 1. The normalized spacial score (nSPS) is 12.2. The molecule has 0 aliphatic rings. The summed E-state index contributed by atoms with van der Waals surface area (Å²) in [5, 5.41) is 11.7. The topological polar surface area (TPSA) is 88.2 Å². The zero-order valence-electron chi connectivity index (χ0n) is 10.0. The summed E-state index contributed by atoms with van der Waals surface area (Å²) < 4.78 is 0. The number of aromatic nitrogens is 1. The lowest BCUT2D eigenvalue weighted by atomic mass is 10.1. The first-order valence-electron chi connectivity index (χ1n) is 5.79. The van der Waals surface area contributed by atoms with Gasteiger partial charge >= 0.3 is 0 Å². The maximum atomic E-state index is 11.9. The van der Waals surface area contributed by atoms with Crippen molar-refractivity contribution in [3.8, 4) is 0 Å². The van der Waals surface area contributed by atoms with Gasteiger partial charge in [-0.2, -0.15) is 0 Å². The third-order valence-electron chi connectivity index (χ3n) is 2.55. The maximum Gasteiger partial charge on any atom is 0.270 e. The number of pyridine rings is 1. The number of hydrogen-bond donors (Lipinski definition) is 3. The zero-order chi connectivity index (χ0) is 12.7. The van der Waals surface area contributed by atoms with Crippen LogP contribution >= 0.6 is 0 Å². The average molecular weight is 237 g/mol. The van der Waals surface area contributed by atoms with Gasteiger partial charge in [0.1, 0.15) is 5.69 Å². The number of nitrogens with zero attached hydrogens (tertiary/aromatic N) is 1. The Kier molecular flexibility index (Phi) is 5.59. The molecule has 0 unspecified atom stereocenters. The second-order valence-corrected chi connectivity index (χ2v) is 3.81. The van der Waals surface area contributed by atoms with Crippen LogP contribution in [-0.2, 0) is 6.54 Å². The van der Waals surface area contributed by atoms with Crippen molar-refractivity contribution in [3.05, 3.63) is 29.6 Å². The number of aliphatic hydroxyl groups excluding tert-OH is 1. The van der Waals surface area contributed by atoms with E-state index in [1.54, 1.807) is 18.2 Å². The van der Waals surface area contributed by atoms with Crippen molar-refractivity contribution in [1.29, 1.82) is 0 Å².